The average Bonchev–Trinajstić information content (AvgIpc) is 3.34. The molecule has 1 aliphatic rings. The number of rotatable bonds is 3. The first-order valence-electron chi connectivity index (χ1n) is 7.45. The van der Waals surface area contributed by atoms with Crippen molar-refractivity contribution in [3.05, 3.63) is 107 Å². The van der Waals surface area contributed by atoms with Crippen LogP contribution < -0.4 is 0 Å². The first kappa shape index (κ1) is 14.1. The van der Waals surface area contributed by atoms with E-state index in [1.165, 1.54) is 24.3 Å². The van der Waals surface area contributed by atoms with Gasteiger partial charge in [-0.25, -0.2) is 8.78 Å². The number of ether oxygens (including phenoxy) is 1. The lowest BCUT2D eigenvalue weighted by atomic mass is 9.85. The van der Waals surface area contributed by atoms with Crippen molar-refractivity contribution < 1.29 is 13.5 Å². The van der Waals surface area contributed by atoms with Crippen LogP contribution in [0, 0.1) is 11.6 Å². The van der Waals surface area contributed by atoms with Gasteiger partial charge in [-0.2, -0.15) is 0 Å². The molecule has 1 atom stereocenters. The van der Waals surface area contributed by atoms with Gasteiger partial charge in [-0.1, -0.05) is 54.6 Å². The van der Waals surface area contributed by atoms with Crippen molar-refractivity contribution in [1.82, 2.24) is 0 Å². The van der Waals surface area contributed by atoms with Crippen LogP contribution >= 0.6 is 0 Å². The van der Waals surface area contributed by atoms with Gasteiger partial charge in [-0.15, -0.1) is 0 Å². The SMILES string of the molecule is Fc1ccc(C2(c3ccc(F)cc3)O[C@@H]2c2ccccc2)cc1. The molecule has 0 spiro atoms. The number of halogens is 2. The van der Waals surface area contributed by atoms with Gasteiger partial charge in [0.25, 0.3) is 0 Å². The summed E-state index contributed by atoms with van der Waals surface area (Å²) in [5.41, 5.74) is 2.07. The van der Waals surface area contributed by atoms with Crippen LogP contribution in [0.3, 0.4) is 0 Å². The minimum Gasteiger partial charge on any atom is -0.351 e. The van der Waals surface area contributed by atoms with E-state index in [0.29, 0.717) is 0 Å². The Balaban J connectivity index is 1.82. The molecule has 1 nitrogen and oxygen atoms in total. The van der Waals surface area contributed by atoms with E-state index in [0.717, 1.165) is 16.7 Å². The number of benzene rings is 3. The third-order valence-electron chi connectivity index (χ3n) is 4.26. The fourth-order valence-electron chi connectivity index (χ4n) is 3.08. The second-order valence-electron chi connectivity index (χ2n) is 5.66. The van der Waals surface area contributed by atoms with Gasteiger partial charge < -0.3 is 4.74 Å². The largest absolute Gasteiger partial charge is 0.351 e. The van der Waals surface area contributed by atoms with Crippen LogP contribution in [0.2, 0.25) is 0 Å². The third kappa shape index (κ3) is 2.34. The number of epoxide rings is 1. The van der Waals surface area contributed by atoms with Crippen LogP contribution in [0.25, 0.3) is 0 Å². The van der Waals surface area contributed by atoms with Gasteiger partial charge in [0.1, 0.15) is 23.3 Å². The smallest absolute Gasteiger partial charge is 0.149 e. The van der Waals surface area contributed by atoms with E-state index in [-0.39, 0.29) is 17.7 Å². The predicted molar refractivity (Wildman–Crippen MR) is 83.8 cm³/mol. The van der Waals surface area contributed by atoms with Crippen LogP contribution in [0.15, 0.2) is 78.9 Å². The Morgan fingerprint density at radius 3 is 1.61 bits per heavy atom. The number of hydrogen-bond acceptors (Lipinski definition) is 1. The molecular weight excluding hydrogens is 294 g/mol. The summed E-state index contributed by atoms with van der Waals surface area (Å²) in [6.07, 6.45) is -0.167. The normalized spacial score (nSPS) is 18.6. The van der Waals surface area contributed by atoms with Crippen LogP contribution in [0.4, 0.5) is 8.78 Å². The van der Waals surface area contributed by atoms with Crippen molar-refractivity contribution in [3.8, 4) is 0 Å². The standard InChI is InChI=1S/C20H14F2O/c21-17-10-6-15(7-11-17)20(16-8-12-18(22)13-9-16)19(23-20)14-4-2-1-3-5-14/h1-13,19H/t19-/m1/s1. The highest BCUT2D eigenvalue weighted by molar-refractivity contribution is 5.46. The monoisotopic (exact) mass is 308 g/mol. The molecule has 4 rings (SSSR count). The summed E-state index contributed by atoms with van der Waals surface area (Å²) >= 11 is 0. The lowest BCUT2D eigenvalue weighted by Crippen LogP contribution is -2.12. The van der Waals surface area contributed by atoms with E-state index < -0.39 is 5.60 Å². The molecule has 0 aliphatic carbocycles. The molecule has 0 N–H and O–H groups in total. The highest BCUT2D eigenvalue weighted by Gasteiger charge is 2.59. The molecule has 0 saturated carbocycles. The summed E-state index contributed by atoms with van der Waals surface area (Å²) in [7, 11) is 0. The first-order chi connectivity index (χ1) is 11.2. The van der Waals surface area contributed by atoms with Gasteiger partial charge in [0, 0.05) is 0 Å². The zero-order chi connectivity index (χ0) is 15.9. The van der Waals surface area contributed by atoms with Crippen molar-refractivity contribution >= 4 is 0 Å². The topological polar surface area (TPSA) is 12.5 Å². The fourth-order valence-corrected chi connectivity index (χ4v) is 3.08. The number of hydrogen-bond donors (Lipinski definition) is 0. The van der Waals surface area contributed by atoms with Crippen molar-refractivity contribution in [2.45, 2.75) is 11.7 Å². The second-order valence-corrected chi connectivity index (χ2v) is 5.66. The molecule has 1 saturated heterocycles. The van der Waals surface area contributed by atoms with E-state index in [1.54, 1.807) is 24.3 Å². The highest BCUT2D eigenvalue weighted by atomic mass is 19.1. The molecule has 23 heavy (non-hydrogen) atoms. The second kappa shape index (κ2) is 5.28. The van der Waals surface area contributed by atoms with Crippen molar-refractivity contribution in [3.63, 3.8) is 0 Å². The fraction of sp³-hybridized carbons (Fsp3) is 0.100. The van der Waals surface area contributed by atoms with Crippen molar-refractivity contribution in [1.29, 1.82) is 0 Å². The summed E-state index contributed by atoms with van der Waals surface area (Å²) in [5, 5.41) is 0. The van der Waals surface area contributed by atoms with Gasteiger partial charge >= 0.3 is 0 Å². The molecule has 0 amide bonds. The Kier molecular flexibility index (Phi) is 3.24. The van der Waals surface area contributed by atoms with Crippen LogP contribution in [0.1, 0.15) is 22.8 Å². The van der Waals surface area contributed by atoms with Gasteiger partial charge in [-0.05, 0) is 41.0 Å². The van der Waals surface area contributed by atoms with E-state index in [2.05, 4.69) is 0 Å². The van der Waals surface area contributed by atoms with Gasteiger partial charge in [0.15, 0.2) is 0 Å². The molecule has 0 radical (unpaired) electrons. The van der Waals surface area contributed by atoms with E-state index in [1.807, 2.05) is 30.3 Å². The summed E-state index contributed by atoms with van der Waals surface area (Å²) < 4.78 is 32.7. The average molecular weight is 308 g/mol. The highest BCUT2D eigenvalue weighted by Crippen LogP contribution is 2.60. The Bertz CT molecular complexity index is 765. The third-order valence-corrected chi connectivity index (χ3v) is 4.26. The molecule has 0 unspecified atom stereocenters. The van der Waals surface area contributed by atoms with E-state index in [9.17, 15) is 8.78 Å². The van der Waals surface area contributed by atoms with Gasteiger partial charge in [0.05, 0.1) is 0 Å². The summed E-state index contributed by atoms with van der Waals surface area (Å²) in [4.78, 5) is 0. The lowest BCUT2D eigenvalue weighted by Gasteiger charge is -2.14. The summed E-state index contributed by atoms with van der Waals surface area (Å²) in [6.45, 7) is 0. The van der Waals surface area contributed by atoms with Crippen LogP contribution in [-0.2, 0) is 10.3 Å². The quantitative estimate of drug-likeness (QED) is 0.622. The Morgan fingerprint density at radius 1 is 0.652 bits per heavy atom. The van der Waals surface area contributed by atoms with E-state index in [4.69, 9.17) is 4.74 Å². The minimum atomic E-state index is -0.692. The molecule has 1 fully saturated rings. The Labute approximate surface area is 133 Å². The molecule has 0 aromatic heterocycles. The molecule has 114 valence electrons. The van der Waals surface area contributed by atoms with Crippen LogP contribution in [0.5, 0.6) is 0 Å². The maximum absolute atomic E-state index is 13.3. The van der Waals surface area contributed by atoms with Crippen molar-refractivity contribution in [2.24, 2.45) is 0 Å². The Hall–Kier alpha value is -2.52. The molecule has 3 heteroatoms. The minimum absolute atomic E-state index is 0.167. The maximum atomic E-state index is 13.3. The lowest BCUT2D eigenvalue weighted by molar-refractivity contribution is 0.329. The van der Waals surface area contributed by atoms with Gasteiger partial charge in [0.2, 0.25) is 0 Å². The predicted octanol–water partition coefficient (Wildman–Crippen LogP) is 4.98. The molecule has 1 heterocycles. The molecule has 1 aliphatic heterocycles. The van der Waals surface area contributed by atoms with Crippen LogP contribution in [-0.4, -0.2) is 0 Å². The van der Waals surface area contributed by atoms with Gasteiger partial charge in [-0.3, -0.25) is 0 Å². The van der Waals surface area contributed by atoms with Crippen molar-refractivity contribution in [2.75, 3.05) is 0 Å². The zero-order valence-corrected chi connectivity index (χ0v) is 12.2. The molecule has 3 aromatic carbocycles. The zero-order valence-electron chi connectivity index (χ0n) is 12.2. The summed E-state index contributed by atoms with van der Waals surface area (Å²) in [5.74, 6) is -0.583. The molecule has 0 bridgehead atoms. The first-order valence-corrected chi connectivity index (χ1v) is 7.45. The Morgan fingerprint density at radius 2 is 1.13 bits per heavy atom. The summed E-state index contributed by atoms with van der Waals surface area (Å²) in [6, 6.07) is 22.4. The molecular formula is C20H14F2O. The van der Waals surface area contributed by atoms with E-state index >= 15 is 0 Å². The molecule has 3 aromatic rings. The maximum Gasteiger partial charge on any atom is 0.149 e.